The molecule has 0 bridgehead atoms. The Labute approximate surface area is 162 Å². The number of fused-ring (bicyclic) bond motifs is 2. The van der Waals surface area contributed by atoms with Gasteiger partial charge in [0.2, 0.25) is 6.29 Å². The molecule has 1 fully saturated rings. The monoisotopic (exact) mass is 388 g/mol. The van der Waals surface area contributed by atoms with Crippen molar-refractivity contribution in [2.45, 2.75) is 37.8 Å². The molecule has 0 spiro atoms. The van der Waals surface area contributed by atoms with Crippen LogP contribution < -0.4 is 4.74 Å². The Kier molecular flexibility index (Phi) is 4.84. The van der Waals surface area contributed by atoms with Gasteiger partial charge in [0.25, 0.3) is 5.79 Å². The third-order valence-electron chi connectivity index (χ3n) is 5.24. The topological polar surface area (TPSA) is 65.0 Å². The molecule has 2 aromatic carbocycles. The second-order valence-corrected chi connectivity index (χ2v) is 7.38. The van der Waals surface area contributed by atoms with Crippen molar-refractivity contribution in [2.24, 2.45) is 5.92 Å². The number of carbonyl (C=O) groups excluding carboxylic acids is 1. The van der Waals surface area contributed by atoms with E-state index in [2.05, 4.69) is 0 Å². The molecule has 5 nitrogen and oxygen atoms in total. The predicted octanol–water partition coefficient (Wildman–Crippen LogP) is 3.67. The summed E-state index contributed by atoms with van der Waals surface area (Å²) >= 11 is 6.03. The molecule has 2 aliphatic heterocycles. The molecule has 6 heteroatoms. The lowest BCUT2D eigenvalue weighted by Crippen LogP contribution is -2.56. The van der Waals surface area contributed by atoms with Crippen LogP contribution in [0.2, 0.25) is 5.02 Å². The van der Waals surface area contributed by atoms with Gasteiger partial charge in [-0.05, 0) is 48.6 Å². The lowest BCUT2D eigenvalue weighted by Gasteiger charge is -2.46. The van der Waals surface area contributed by atoms with E-state index < -0.39 is 18.0 Å². The lowest BCUT2D eigenvalue weighted by atomic mass is 9.74. The number of hydrogen-bond acceptors (Lipinski definition) is 5. The fraction of sp³-hybridized carbons (Fsp3) is 0.381. The summed E-state index contributed by atoms with van der Waals surface area (Å²) < 4.78 is 16.8. The Morgan fingerprint density at radius 1 is 1.26 bits per heavy atom. The molecule has 0 aromatic heterocycles. The summed E-state index contributed by atoms with van der Waals surface area (Å²) in [7, 11) is 0. The van der Waals surface area contributed by atoms with Crippen LogP contribution in [-0.4, -0.2) is 29.8 Å². The zero-order valence-electron chi connectivity index (χ0n) is 14.9. The van der Waals surface area contributed by atoms with Crippen molar-refractivity contribution in [3.63, 3.8) is 0 Å². The average molecular weight is 389 g/mol. The Morgan fingerprint density at radius 3 is 2.74 bits per heavy atom. The van der Waals surface area contributed by atoms with E-state index in [9.17, 15) is 9.90 Å². The molecule has 2 aliphatic rings. The molecule has 0 unspecified atom stereocenters. The highest BCUT2D eigenvalue weighted by molar-refractivity contribution is 6.30. The van der Waals surface area contributed by atoms with Crippen LogP contribution >= 0.6 is 11.6 Å². The van der Waals surface area contributed by atoms with Gasteiger partial charge in [0.1, 0.15) is 5.75 Å². The first kappa shape index (κ1) is 18.3. The number of benzene rings is 2. The van der Waals surface area contributed by atoms with Crippen LogP contribution in [0.4, 0.5) is 0 Å². The number of para-hydroxylation sites is 1. The summed E-state index contributed by atoms with van der Waals surface area (Å²) in [5.41, 5.74) is 2.06. The second-order valence-electron chi connectivity index (χ2n) is 6.95. The van der Waals surface area contributed by atoms with Gasteiger partial charge in [-0.15, -0.1) is 0 Å². The van der Waals surface area contributed by atoms with Crippen LogP contribution in [0.3, 0.4) is 0 Å². The molecule has 142 valence electrons. The molecule has 4 atom stereocenters. The Morgan fingerprint density at radius 2 is 2.00 bits per heavy atom. The van der Waals surface area contributed by atoms with Gasteiger partial charge in [-0.1, -0.05) is 41.9 Å². The third kappa shape index (κ3) is 3.43. The summed E-state index contributed by atoms with van der Waals surface area (Å²) in [5, 5.41) is 11.6. The fourth-order valence-electron chi connectivity index (χ4n) is 3.93. The first-order valence-electron chi connectivity index (χ1n) is 9.07. The Balaban J connectivity index is 1.72. The minimum absolute atomic E-state index is 0.0456. The minimum atomic E-state index is -2.05. The molecular weight excluding hydrogens is 368 g/mol. The normalized spacial score (nSPS) is 29.2. The van der Waals surface area contributed by atoms with E-state index in [-0.39, 0.29) is 24.9 Å². The molecule has 27 heavy (non-hydrogen) atoms. The van der Waals surface area contributed by atoms with Gasteiger partial charge in [0, 0.05) is 17.4 Å². The maximum Gasteiger partial charge on any atom is 0.366 e. The number of halogens is 1. The summed E-state index contributed by atoms with van der Waals surface area (Å²) in [6.45, 7) is 1.85. The number of ether oxygens (including phenoxy) is 3. The summed E-state index contributed by atoms with van der Waals surface area (Å²) in [6, 6.07) is 15.2. The minimum Gasteiger partial charge on any atom is -0.464 e. The van der Waals surface area contributed by atoms with Crippen molar-refractivity contribution in [2.75, 3.05) is 6.61 Å². The van der Waals surface area contributed by atoms with Crippen molar-refractivity contribution >= 4 is 17.6 Å². The highest BCUT2D eigenvalue weighted by atomic mass is 35.5. The van der Waals surface area contributed by atoms with Gasteiger partial charge in [-0.25, -0.2) is 4.79 Å². The van der Waals surface area contributed by atoms with E-state index in [0.717, 1.165) is 17.5 Å². The second kappa shape index (κ2) is 7.15. The van der Waals surface area contributed by atoms with E-state index in [1.54, 1.807) is 6.92 Å². The van der Waals surface area contributed by atoms with Crippen LogP contribution in [0.5, 0.6) is 5.75 Å². The number of esters is 1. The van der Waals surface area contributed by atoms with Gasteiger partial charge in [0.05, 0.1) is 6.61 Å². The van der Waals surface area contributed by atoms with Gasteiger partial charge < -0.3 is 14.6 Å². The summed E-state index contributed by atoms with van der Waals surface area (Å²) in [4.78, 5) is 12.4. The fourth-order valence-corrected chi connectivity index (χ4v) is 4.06. The van der Waals surface area contributed by atoms with Gasteiger partial charge in [0.15, 0.2) is 0 Å². The number of carbonyl (C=O) groups is 1. The van der Waals surface area contributed by atoms with Crippen molar-refractivity contribution in [1.82, 2.24) is 0 Å². The van der Waals surface area contributed by atoms with E-state index in [1.807, 2.05) is 48.5 Å². The van der Waals surface area contributed by atoms with Crippen molar-refractivity contribution in [3.05, 3.63) is 64.7 Å². The van der Waals surface area contributed by atoms with Gasteiger partial charge in [-0.3, -0.25) is 4.74 Å². The lowest BCUT2D eigenvalue weighted by molar-refractivity contribution is -0.312. The first-order chi connectivity index (χ1) is 13.0. The molecule has 2 heterocycles. The van der Waals surface area contributed by atoms with Crippen LogP contribution in [0.15, 0.2) is 48.5 Å². The quantitative estimate of drug-likeness (QED) is 0.813. The first-order valence-corrected chi connectivity index (χ1v) is 9.45. The predicted molar refractivity (Wildman–Crippen MR) is 99.5 cm³/mol. The summed E-state index contributed by atoms with van der Waals surface area (Å²) in [6.07, 6.45) is 0.0800. The third-order valence-corrected chi connectivity index (χ3v) is 5.49. The number of rotatable bonds is 3. The molecule has 1 saturated heterocycles. The van der Waals surface area contributed by atoms with Crippen molar-refractivity contribution < 1.29 is 24.1 Å². The Bertz CT molecular complexity index is 837. The molecule has 0 radical (unpaired) electrons. The zero-order valence-corrected chi connectivity index (χ0v) is 15.7. The van der Waals surface area contributed by atoms with Crippen LogP contribution in [-0.2, 0) is 20.7 Å². The maximum absolute atomic E-state index is 12.4. The molecule has 2 aromatic rings. The Hall–Kier alpha value is -2.08. The molecule has 1 N–H and O–H groups in total. The van der Waals surface area contributed by atoms with Crippen molar-refractivity contribution in [1.29, 1.82) is 0 Å². The van der Waals surface area contributed by atoms with E-state index in [1.165, 1.54) is 0 Å². The number of hydrogen-bond donors (Lipinski definition) is 1. The largest absolute Gasteiger partial charge is 0.464 e. The van der Waals surface area contributed by atoms with Gasteiger partial charge >= 0.3 is 5.97 Å². The van der Waals surface area contributed by atoms with Crippen LogP contribution in [0, 0.1) is 5.92 Å². The van der Waals surface area contributed by atoms with Crippen molar-refractivity contribution in [3.8, 4) is 5.75 Å². The number of aliphatic hydroxyl groups is 1. The summed E-state index contributed by atoms with van der Waals surface area (Å²) in [5.74, 6) is -2.32. The standard InChI is InChI=1S/C21H21ClO5/c1-2-25-20(23)21(24)12-17(13-7-9-15(22)10-8-13)16-11-14-5-3-4-6-18(14)26-19(16)27-21/h3-10,16-17,19,24H,2,11-12H2,1H3/t16-,17-,19-,21+/m1/s1. The molecule has 4 rings (SSSR count). The van der Waals surface area contributed by atoms with Gasteiger partial charge in [-0.2, -0.15) is 0 Å². The highest BCUT2D eigenvalue weighted by Gasteiger charge is 2.54. The van der Waals surface area contributed by atoms with Crippen LogP contribution in [0.1, 0.15) is 30.4 Å². The highest BCUT2D eigenvalue weighted by Crippen LogP contribution is 2.47. The SMILES string of the molecule is CCOC(=O)[C@]1(O)C[C@H](c2ccc(Cl)cc2)[C@H]2Cc3ccccc3O[C@@H]2O1. The molecule has 0 amide bonds. The molecule has 0 saturated carbocycles. The zero-order chi connectivity index (χ0) is 19.0. The van der Waals surface area contributed by atoms with Crippen LogP contribution in [0.25, 0.3) is 0 Å². The smallest absolute Gasteiger partial charge is 0.366 e. The van der Waals surface area contributed by atoms with E-state index >= 15 is 0 Å². The maximum atomic E-state index is 12.4. The average Bonchev–Trinajstić information content (AvgIpc) is 2.67. The van der Waals surface area contributed by atoms with E-state index in [0.29, 0.717) is 10.8 Å². The molecular formula is C21H21ClO5. The van der Waals surface area contributed by atoms with E-state index in [4.69, 9.17) is 25.8 Å². The molecule has 0 aliphatic carbocycles.